The van der Waals surface area contributed by atoms with Crippen LogP contribution in [0.15, 0.2) is 18.2 Å². The van der Waals surface area contributed by atoms with E-state index in [9.17, 15) is 14.7 Å². The highest BCUT2D eigenvalue weighted by atomic mass is 16.5. The Balaban J connectivity index is 1.64. The molecule has 37 heavy (non-hydrogen) atoms. The van der Waals surface area contributed by atoms with Crippen LogP contribution in [0.1, 0.15) is 51.5 Å². The number of rotatable bonds is 15. The van der Waals surface area contributed by atoms with Crippen LogP contribution >= 0.6 is 0 Å². The largest absolute Gasteiger partial charge is 0.493 e. The molecule has 1 heterocycles. The van der Waals surface area contributed by atoms with Crippen LogP contribution in [0, 0.1) is 17.8 Å². The van der Waals surface area contributed by atoms with E-state index in [4.69, 9.17) is 14.2 Å². The van der Waals surface area contributed by atoms with Gasteiger partial charge in [-0.05, 0) is 49.3 Å². The van der Waals surface area contributed by atoms with Gasteiger partial charge in [0.15, 0.2) is 11.5 Å². The topological polar surface area (TPSA) is 109 Å². The van der Waals surface area contributed by atoms with Crippen molar-refractivity contribution in [1.82, 2.24) is 15.5 Å². The molecule has 0 aromatic heterocycles. The summed E-state index contributed by atoms with van der Waals surface area (Å²) in [5.74, 6) is 1.14. The lowest BCUT2D eigenvalue weighted by atomic mass is 9.88. The number of hydrogen-bond donors (Lipinski definition) is 3. The van der Waals surface area contributed by atoms with Crippen molar-refractivity contribution < 1.29 is 28.9 Å². The first-order valence-electron chi connectivity index (χ1n) is 13.6. The van der Waals surface area contributed by atoms with Gasteiger partial charge >= 0.3 is 0 Å². The van der Waals surface area contributed by atoms with Crippen LogP contribution in [0.5, 0.6) is 11.5 Å². The molecule has 3 atom stereocenters. The van der Waals surface area contributed by atoms with Crippen LogP contribution in [0.2, 0.25) is 0 Å². The van der Waals surface area contributed by atoms with E-state index in [0.717, 1.165) is 31.2 Å². The Morgan fingerprint density at radius 1 is 1.14 bits per heavy atom. The first-order valence-corrected chi connectivity index (χ1v) is 13.6. The molecule has 1 aromatic rings. The number of nitrogens with one attached hydrogen (secondary N) is 2. The standard InChI is InChI=1S/C28H45N3O6/c1-19(2)12-23(18-32)30-27(33)21-14-22(16-29-15-21)28(34)31(24-7-8-24)17-20-6-9-25(36-4)26(13-20)37-11-5-10-35-3/h6,9,13,19,21-24,29,32H,5,7-8,10-12,14-18H2,1-4H3,(H,30,33)/t21-,22+,23?/m0/s1. The summed E-state index contributed by atoms with van der Waals surface area (Å²) in [4.78, 5) is 28.6. The summed E-state index contributed by atoms with van der Waals surface area (Å²) in [5.41, 5.74) is 0.986. The lowest BCUT2D eigenvalue weighted by Gasteiger charge is -2.33. The fraction of sp³-hybridized carbons (Fsp3) is 0.714. The fourth-order valence-electron chi connectivity index (χ4n) is 4.92. The van der Waals surface area contributed by atoms with Gasteiger partial charge in [0.25, 0.3) is 0 Å². The molecule has 208 valence electrons. The van der Waals surface area contributed by atoms with Gasteiger partial charge in [-0.3, -0.25) is 9.59 Å². The number of hydrogen-bond acceptors (Lipinski definition) is 7. The summed E-state index contributed by atoms with van der Waals surface area (Å²) in [6.07, 6.45) is 4.01. The highest BCUT2D eigenvalue weighted by Crippen LogP contribution is 2.34. The molecule has 1 unspecified atom stereocenters. The predicted octanol–water partition coefficient (Wildman–Crippen LogP) is 2.35. The molecule has 1 aliphatic heterocycles. The molecule has 3 rings (SSSR count). The van der Waals surface area contributed by atoms with Gasteiger partial charge in [0.2, 0.25) is 11.8 Å². The first kappa shape index (κ1) is 29.2. The van der Waals surface area contributed by atoms with Gasteiger partial charge in [0.05, 0.1) is 38.2 Å². The number of aliphatic hydroxyl groups excluding tert-OH is 1. The number of carbonyl (C=O) groups is 2. The summed E-state index contributed by atoms with van der Waals surface area (Å²) in [7, 11) is 3.28. The quantitative estimate of drug-likeness (QED) is 0.305. The second-order valence-electron chi connectivity index (χ2n) is 10.7. The van der Waals surface area contributed by atoms with Crippen molar-refractivity contribution in [2.75, 3.05) is 47.1 Å². The zero-order valence-corrected chi connectivity index (χ0v) is 22.8. The van der Waals surface area contributed by atoms with Gasteiger partial charge in [-0.15, -0.1) is 0 Å². The van der Waals surface area contributed by atoms with Crippen LogP contribution in [0.4, 0.5) is 0 Å². The number of amides is 2. The fourth-order valence-corrected chi connectivity index (χ4v) is 4.92. The van der Waals surface area contributed by atoms with Crippen molar-refractivity contribution in [3.05, 3.63) is 23.8 Å². The van der Waals surface area contributed by atoms with Gasteiger partial charge in [-0.2, -0.15) is 0 Å². The molecule has 9 nitrogen and oxygen atoms in total. The SMILES string of the molecule is COCCCOc1cc(CN(C(=O)[C@H]2CNC[C@@H](C(=O)NC(CO)CC(C)C)C2)C2CC2)ccc1OC. The molecule has 1 aliphatic carbocycles. The summed E-state index contributed by atoms with van der Waals surface area (Å²) in [5, 5.41) is 15.9. The highest BCUT2D eigenvalue weighted by molar-refractivity contribution is 5.83. The average Bonchev–Trinajstić information content (AvgIpc) is 3.74. The molecule has 1 saturated carbocycles. The summed E-state index contributed by atoms with van der Waals surface area (Å²) < 4.78 is 16.5. The van der Waals surface area contributed by atoms with E-state index >= 15 is 0 Å². The number of aliphatic hydroxyl groups is 1. The molecule has 1 saturated heterocycles. The second-order valence-corrected chi connectivity index (χ2v) is 10.7. The molecule has 2 fully saturated rings. The zero-order chi connectivity index (χ0) is 26.8. The third-order valence-electron chi connectivity index (χ3n) is 7.00. The minimum Gasteiger partial charge on any atom is -0.493 e. The Morgan fingerprint density at radius 2 is 1.89 bits per heavy atom. The maximum atomic E-state index is 13.7. The molecular formula is C28H45N3O6. The number of ether oxygens (including phenoxy) is 3. The molecule has 1 aromatic carbocycles. The van der Waals surface area contributed by atoms with Gasteiger partial charge in [-0.25, -0.2) is 0 Å². The van der Waals surface area contributed by atoms with Crippen LogP contribution in [0.25, 0.3) is 0 Å². The Labute approximate surface area is 221 Å². The lowest BCUT2D eigenvalue weighted by Crippen LogP contribution is -2.51. The molecule has 0 spiro atoms. The summed E-state index contributed by atoms with van der Waals surface area (Å²) >= 11 is 0. The van der Waals surface area contributed by atoms with Crippen molar-refractivity contribution in [2.45, 2.75) is 64.6 Å². The third kappa shape index (κ3) is 8.86. The van der Waals surface area contributed by atoms with Gasteiger partial charge in [0.1, 0.15) is 0 Å². The summed E-state index contributed by atoms with van der Waals surface area (Å²) in [6, 6.07) is 5.79. The van der Waals surface area contributed by atoms with Crippen molar-refractivity contribution in [3.63, 3.8) is 0 Å². The number of nitrogens with zero attached hydrogens (tertiary/aromatic N) is 1. The van der Waals surface area contributed by atoms with Gasteiger partial charge in [0, 0.05) is 45.8 Å². The molecule has 3 N–H and O–H groups in total. The maximum absolute atomic E-state index is 13.7. The Bertz CT molecular complexity index is 875. The van der Waals surface area contributed by atoms with E-state index in [0.29, 0.717) is 56.7 Å². The predicted molar refractivity (Wildman–Crippen MR) is 141 cm³/mol. The van der Waals surface area contributed by atoms with Gasteiger partial charge in [-0.1, -0.05) is 19.9 Å². The third-order valence-corrected chi connectivity index (χ3v) is 7.00. The highest BCUT2D eigenvalue weighted by Gasteiger charge is 2.39. The van der Waals surface area contributed by atoms with E-state index < -0.39 is 0 Å². The molecule has 0 bridgehead atoms. The van der Waals surface area contributed by atoms with Crippen LogP contribution in [-0.4, -0.2) is 81.0 Å². The maximum Gasteiger partial charge on any atom is 0.227 e. The average molecular weight is 520 g/mol. The molecular weight excluding hydrogens is 474 g/mol. The van der Waals surface area contributed by atoms with Crippen LogP contribution in [0.3, 0.4) is 0 Å². The van der Waals surface area contributed by atoms with E-state index in [2.05, 4.69) is 24.5 Å². The number of carbonyl (C=O) groups excluding carboxylic acids is 2. The van der Waals surface area contributed by atoms with E-state index in [1.54, 1.807) is 14.2 Å². The second kappa shape index (κ2) is 14.5. The minimum absolute atomic E-state index is 0.0815. The van der Waals surface area contributed by atoms with E-state index in [-0.39, 0.29) is 42.3 Å². The van der Waals surface area contributed by atoms with Crippen LogP contribution in [-0.2, 0) is 20.9 Å². The number of methoxy groups -OCH3 is 2. The lowest BCUT2D eigenvalue weighted by molar-refractivity contribution is -0.139. The smallest absolute Gasteiger partial charge is 0.227 e. The Kier molecular flexibility index (Phi) is 11.5. The Morgan fingerprint density at radius 3 is 2.54 bits per heavy atom. The number of benzene rings is 1. The van der Waals surface area contributed by atoms with E-state index in [1.165, 1.54) is 0 Å². The zero-order valence-electron chi connectivity index (χ0n) is 22.8. The minimum atomic E-state index is -0.293. The van der Waals surface area contributed by atoms with Crippen LogP contribution < -0.4 is 20.1 Å². The van der Waals surface area contributed by atoms with Crippen molar-refractivity contribution in [2.24, 2.45) is 17.8 Å². The summed E-state index contributed by atoms with van der Waals surface area (Å²) in [6.45, 7) is 6.80. The van der Waals surface area contributed by atoms with Crippen molar-refractivity contribution in [3.8, 4) is 11.5 Å². The molecule has 9 heteroatoms. The number of piperidine rings is 1. The first-order chi connectivity index (χ1) is 17.9. The van der Waals surface area contributed by atoms with Crippen molar-refractivity contribution >= 4 is 11.8 Å². The molecule has 2 amide bonds. The Hall–Kier alpha value is -2.36. The normalized spacial score (nSPS) is 20.4. The molecule has 2 aliphatic rings. The monoisotopic (exact) mass is 519 g/mol. The molecule has 0 radical (unpaired) electrons. The van der Waals surface area contributed by atoms with E-state index in [1.807, 2.05) is 23.1 Å². The van der Waals surface area contributed by atoms with Crippen molar-refractivity contribution in [1.29, 1.82) is 0 Å². The van der Waals surface area contributed by atoms with Gasteiger partial charge < -0.3 is 34.9 Å².